The predicted molar refractivity (Wildman–Crippen MR) is 106 cm³/mol. The molecule has 6 heteroatoms. The van der Waals surface area contributed by atoms with Crippen molar-refractivity contribution >= 4 is 17.6 Å². The summed E-state index contributed by atoms with van der Waals surface area (Å²) in [5.41, 5.74) is 5.14. The van der Waals surface area contributed by atoms with Gasteiger partial charge < -0.3 is 10.6 Å². The predicted octanol–water partition coefficient (Wildman–Crippen LogP) is 3.47. The first-order valence-corrected chi connectivity index (χ1v) is 8.67. The lowest BCUT2D eigenvalue weighted by Gasteiger charge is -2.11. The minimum atomic E-state index is -0.175. The molecule has 3 rings (SSSR count). The summed E-state index contributed by atoms with van der Waals surface area (Å²) in [5.74, 6) is 0.281. The average Bonchev–Trinajstić information content (AvgIpc) is 2.97. The van der Waals surface area contributed by atoms with E-state index in [9.17, 15) is 9.59 Å². The summed E-state index contributed by atoms with van der Waals surface area (Å²) in [6, 6.07) is 15.2. The molecule has 0 bridgehead atoms. The fraction of sp³-hybridized carbons (Fsp3) is 0.190. The van der Waals surface area contributed by atoms with E-state index in [1.807, 2.05) is 38.1 Å². The number of carbonyl (C=O) groups excluding carboxylic acids is 2. The maximum Gasteiger partial charge on any atom is 0.251 e. The molecule has 0 aliphatic heterocycles. The maximum atomic E-state index is 11.8. The zero-order chi connectivity index (χ0) is 19.6. The van der Waals surface area contributed by atoms with Crippen molar-refractivity contribution in [2.24, 2.45) is 0 Å². The molecule has 0 aliphatic carbocycles. The number of hydrogen-bond acceptors (Lipinski definition) is 3. The highest BCUT2D eigenvalue weighted by Crippen LogP contribution is 2.33. The van der Waals surface area contributed by atoms with Crippen molar-refractivity contribution in [2.75, 3.05) is 12.4 Å². The van der Waals surface area contributed by atoms with Crippen LogP contribution in [-0.2, 0) is 4.79 Å². The highest BCUT2D eigenvalue weighted by molar-refractivity contribution is 5.95. The third-order valence-electron chi connectivity index (χ3n) is 4.30. The Hall–Kier alpha value is -3.41. The first kappa shape index (κ1) is 18.4. The van der Waals surface area contributed by atoms with Crippen LogP contribution in [0.25, 0.3) is 16.8 Å². The Morgan fingerprint density at radius 3 is 2.15 bits per heavy atom. The number of amides is 2. The van der Waals surface area contributed by atoms with Crippen LogP contribution in [0.2, 0.25) is 0 Å². The lowest BCUT2D eigenvalue weighted by atomic mass is 10.0. The van der Waals surface area contributed by atoms with Crippen LogP contribution in [0.4, 0.5) is 5.82 Å². The summed E-state index contributed by atoms with van der Waals surface area (Å²) in [7, 11) is 1.59. The number of carbonyl (C=O) groups is 2. The van der Waals surface area contributed by atoms with Crippen molar-refractivity contribution in [1.82, 2.24) is 15.1 Å². The molecule has 1 heterocycles. The number of benzene rings is 2. The molecule has 0 fully saturated rings. The van der Waals surface area contributed by atoms with E-state index in [-0.39, 0.29) is 11.8 Å². The van der Waals surface area contributed by atoms with E-state index in [0.29, 0.717) is 11.4 Å². The molecule has 138 valence electrons. The number of rotatable bonds is 4. The van der Waals surface area contributed by atoms with Gasteiger partial charge in [0, 0.05) is 25.1 Å². The van der Waals surface area contributed by atoms with Crippen molar-refractivity contribution in [1.29, 1.82) is 0 Å². The summed E-state index contributed by atoms with van der Waals surface area (Å²) in [5, 5.41) is 10.1. The molecule has 0 radical (unpaired) electrons. The Bertz CT molecular complexity index is 986. The molecule has 6 nitrogen and oxygen atoms in total. The highest BCUT2D eigenvalue weighted by atomic mass is 16.2. The molecular formula is C21H22N4O2. The third kappa shape index (κ3) is 3.74. The second-order valence-electron chi connectivity index (χ2n) is 6.39. The minimum absolute atomic E-state index is 0.152. The normalized spacial score (nSPS) is 10.5. The van der Waals surface area contributed by atoms with Crippen LogP contribution >= 0.6 is 0 Å². The molecular weight excluding hydrogens is 340 g/mol. The molecule has 0 saturated heterocycles. The summed E-state index contributed by atoms with van der Waals surface area (Å²) in [6.45, 7) is 5.42. The smallest absolute Gasteiger partial charge is 0.251 e. The minimum Gasteiger partial charge on any atom is -0.355 e. The van der Waals surface area contributed by atoms with Crippen LogP contribution in [-0.4, -0.2) is 28.6 Å². The van der Waals surface area contributed by atoms with Crippen LogP contribution in [0.15, 0.2) is 48.5 Å². The van der Waals surface area contributed by atoms with E-state index in [1.165, 1.54) is 6.92 Å². The molecule has 2 amide bonds. The number of aryl methyl sites for hydroxylation is 2. The number of nitrogens with one attached hydrogen (secondary N) is 2. The molecule has 3 aromatic rings. The van der Waals surface area contributed by atoms with Gasteiger partial charge in [0.15, 0.2) is 0 Å². The van der Waals surface area contributed by atoms with E-state index in [0.717, 1.165) is 28.1 Å². The number of aromatic nitrogens is 2. The number of nitrogens with zero attached hydrogens (tertiary/aromatic N) is 2. The molecule has 1 aromatic heterocycles. The monoisotopic (exact) mass is 362 g/mol. The van der Waals surface area contributed by atoms with E-state index < -0.39 is 0 Å². The van der Waals surface area contributed by atoms with Gasteiger partial charge >= 0.3 is 0 Å². The molecule has 0 saturated carbocycles. The van der Waals surface area contributed by atoms with Gasteiger partial charge in [0.05, 0.1) is 11.4 Å². The zero-order valence-electron chi connectivity index (χ0n) is 15.8. The lowest BCUT2D eigenvalue weighted by Crippen LogP contribution is -2.17. The Morgan fingerprint density at radius 2 is 1.59 bits per heavy atom. The largest absolute Gasteiger partial charge is 0.355 e. The van der Waals surface area contributed by atoms with Gasteiger partial charge in [0.25, 0.3) is 5.91 Å². The number of anilines is 1. The van der Waals surface area contributed by atoms with Gasteiger partial charge in [0.1, 0.15) is 5.82 Å². The van der Waals surface area contributed by atoms with E-state index in [2.05, 4.69) is 15.7 Å². The molecule has 27 heavy (non-hydrogen) atoms. The van der Waals surface area contributed by atoms with Gasteiger partial charge in [-0.1, -0.05) is 29.8 Å². The Balaban J connectivity index is 2.13. The average molecular weight is 362 g/mol. The third-order valence-corrected chi connectivity index (χ3v) is 4.30. The van der Waals surface area contributed by atoms with Crippen LogP contribution in [0.3, 0.4) is 0 Å². The second-order valence-corrected chi connectivity index (χ2v) is 6.39. The van der Waals surface area contributed by atoms with Crippen LogP contribution < -0.4 is 10.6 Å². The Morgan fingerprint density at radius 1 is 0.963 bits per heavy atom. The second kappa shape index (κ2) is 7.45. The van der Waals surface area contributed by atoms with E-state index >= 15 is 0 Å². The van der Waals surface area contributed by atoms with E-state index in [1.54, 1.807) is 36.0 Å². The molecule has 2 aromatic carbocycles. The summed E-state index contributed by atoms with van der Waals surface area (Å²) in [4.78, 5) is 23.6. The number of hydrogen-bond donors (Lipinski definition) is 2. The van der Waals surface area contributed by atoms with E-state index in [4.69, 9.17) is 0 Å². The maximum absolute atomic E-state index is 11.8. The van der Waals surface area contributed by atoms with Crippen molar-refractivity contribution < 1.29 is 9.59 Å². The fourth-order valence-electron chi connectivity index (χ4n) is 2.96. The van der Waals surface area contributed by atoms with Gasteiger partial charge in [0.2, 0.25) is 5.91 Å². The van der Waals surface area contributed by atoms with Crippen molar-refractivity contribution in [3.8, 4) is 16.8 Å². The molecule has 2 N–H and O–H groups in total. The van der Waals surface area contributed by atoms with Crippen molar-refractivity contribution in [3.63, 3.8) is 0 Å². The Kier molecular flexibility index (Phi) is 5.07. The molecule has 0 spiro atoms. The van der Waals surface area contributed by atoms with Crippen LogP contribution in [0.5, 0.6) is 0 Å². The standard InChI is InChI=1S/C21H22N4O2/c1-13-5-7-16(8-6-13)19-14(2)24-25(20(19)23-15(3)26)18-11-9-17(10-12-18)21(27)22-4/h5-12H,1-4H3,(H,22,27)(H,23,26). The first-order valence-electron chi connectivity index (χ1n) is 8.67. The van der Waals surface area contributed by atoms with Crippen LogP contribution in [0, 0.1) is 13.8 Å². The molecule has 0 unspecified atom stereocenters. The summed E-state index contributed by atoms with van der Waals surface area (Å²) >= 11 is 0. The highest BCUT2D eigenvalue weighted by Gasteiger charge is 2.19. The quantitative estimate of drug-likeness (QED) is 0.746. The summed E-state index contributed by atoms with van der Waals surface area (Å²) < 4.78 is 1.69. The van der Waals surface area contributed by atoms with Gasteiger partial charge in [-0.25, -0.2) is 4.68 Å². The Labute approximate surface area is 158 Å². The topological polar surface area (TPSA) is 76.0 Å². The van der Waals surface area contributed by atoms with Crippen molar-refractivity contribution in [3.05, 3.63) is 65.4 Å². The molecule has 0 atom stereocenters. The SMILES string of the molecule is CNC(=O)c1ccc(-n2nc(C)c(-c3ccc(C)cc3)c2NC(C)=O)cc1. The summed E-state index contributed by atoms with van der Waals surface area (Å²) in [6.07, 6.45) is 0. The lowest BCUT2D eigenvalue weighted by molar-refractivity contribution is -0.114. The molecule has 0 aliphatic rings. The van der Waals surface area contributed by atoms with Crippen molar-refractivity contribution in [2.45, 2.75) is 20.8 Å². The van der Waals surface area contributed by atoms with Gasteiger partial charge in [-0.2, -0.15) is 5.10 Å². The first-order chi connectivity index (χ1) is 12.9. The van der Waals surface area contributed by atoms with Gasteiger partial charge in [-0.3, -0.25) is 9.59 Å². The zero-order valence-corrected chi connectivity index (χ0v) is 15.8. The van der Waals surface area contributed by atoms with Gasteiger partial charge in [-0.05, 0) is 43.7 Å². The van der Waals surface area contributed by atoms with Crippen LogP contribution in [0.1, 0.15) is 28.5 Å². The fourth-order valence-corrected chi connectivity index (χ4v) is 2.96. The van der Waals surface area contributed by atoms with Gasteiger partial charge in [-0.15, -0.1) is 0 Å².